The zero-order chi connectivity index (χ0) is 23.0. The number of hydrogen-bond acceptors (Lipinski definition) is 7. The molecule has 0 bridgehead atoms. The van der Waals surface area contributed by atoms with Crippen molar-refractivity contribution in [2.24, 2.45) is 5.73 Å². The van der Waals surface area contributed by atoms with Crippen molar-refractivity contribution in [2.45, 2.75) is 38.5 Å². The smallest absolute Gasteiger partial charge is 0.225 e. The SMILES string of the molecule is NCCCCNCCCNCCCN(O)CCCNC(=O)Cc1cc2c(O)cccc2[nH]1. The van der Waals surface area contributed by atoms with Gasteiger partial charge in [-0.25, -0.2) is 0 Å². The Hall–Kier alpha value is -2.17. The Bertz CT molecular complexity index is 782. The van der Waals surface area contributed by atoms with Crippen molar-refractivity contribution in [2.75, 3.05) is 52.4 Å². The van der Waals surface area contributed by atoms with Crippen molar-refractivity contribution >= 4 is 16.8 Å². The average Bonchev–Trinajstić information content (AvgIpc) is 3.19. The van der Waals surface area contributed by atoms with Gasteiger partial charge in [-0.05, 0) is 83.0 Å². The molecule has 32 heavy (non-hydrogen) atoms. The molecule has 0 spiro atoms. The Morgan fingerprint density at radius 2 is 1.66 bits per heavy atom. The molecule has 9 nitrogen and oxygen atoms in total. The van der Waals surface area contributed by atoms with E-state index < -0.39 is 0 Å². The highest BCUT2D eigenvalue weighted by atomic mass is 16.5. The number of amides is 1. The second kappa shape index (κ2) is 15.6. The molecule has 9 heteroatoms. The summed E-state index contributed by atoms with van der Waals surface area (Å²) >= 11 is 0. The third-order valence-electron chi connectivity index (χ3n) is 5.25. The van der Waals surface area contributed by atoms with Crippen molar-refractivity contribution in [3.8, 4) is 5.75 Å². The Kier molecular flexibility index (Phi) is 12.7. The van der Waals surface area contributed by atoms with Crippen LogP contribution in [-0.2, 0) is 11.2 Å². The maximum atomic E-state index is 12.1. The van der Waals surface area contributed by atoms with Gasteiger partial charge in [-0.1, -0.05) is 6.07 Å². The molecule has 0 aliphatic carbocycles. The fraction of sp³-hybridized carbons (Fsp3) is 0.609. The monoisotopic (exact) mass is 448 g/mol. The molecule has 2 rings (SSSR count). The summed E-state index contributed by atoms with van der Waals surface area (Å²) in [7, 11) is 0. The topological polar surface area (TPSA) is 139 Å². The number of nitrogens with zero attached hydrogens (tertiary/aromatic N) is 1. The molecule has 1 aromatic heterocycles. The first-order valence-corrected chi connectivity index (χ1v) is 11.7. The lowest BCUT2D eigenvalue weighted by Crippen LogP contribution is -2.31. The van der Waals surface area contributed by atoms with Crippen LogP contribution < -0.4 is 21.7 Å². The van der Waals surface area contributed by atoms with Gasteiger partial charge in [0.15, 0.2) is 0 Å². The van der Waals surface area contributed by atoms with Crippen molar-refractivity contribution in [1.29, 1.82) is 0 Å². The van der Waals surface area contributed by atoms with E-state index >= 15 is 0 Å². The molecule has 1 amide bonds. The number of aromatic hydroxyl groups is 1. The Balaban J connectivity index is 1.43. The summed E-state index contributed by atoms with van der Waals surface area (Å²) in [5, 5.41) is 31.5. The molecule has 0 saturated carbocycles. The molecule has 0 unspecified atom stereocenters. The molecular formula is C23H40N6O3. The largest absolute Gasteiger partial charge is 0.507 e. The van der Waals surface area contributed by atoms with E-state index in [1.165, 1.54) is 5.06 Å². The Morgan fingerprint density at radius 3 is 2.38 bits per heavy atom. The standard InChI is InChI=1S/C23H40N6O3/c24-9-1-2-10-25-11-4-12-26-13-5-15-29(32)16-6-14-27-23(31)18-19-17-20-21(28-19)7-3-8-22(20)30/h3,7-8,17,25-26,28,30,32H,1-2,4-6,9-16,18,24H2,(H,27,31). The van der Waals surface area contributed by atoms with Gasteiger partial charge in [0.2, 0.25) is 5.91 Å². The molecule has 0 aliphatic rings. The molecule has 0 aliphatic heterocycles. The van der Waals surface area contributed by atoms with E-state index in [0.29, 0.717) is 26.1 Å². The number of nitrogens with one attached hydrogen (secondary N) is 4. The van der Waals surface area contributed by atoms with Gasteiger partial charge < -0.3 is 37.0 Å². The second-order valence-corrected chi connectivity index (χ2v) is 8.07. The van der Waals surface area contributed by atoms with Gasteiger partial charge in [-0.3, -0.25) is 4.79 Å². The predicted molar refractivity (Wildman–Crippen MR) is 128 cm³/mol. The number of phenols is 1. The summed E-state index contributed by atoms with van der Waals surface area (Å²) in [5.74, 6) is 0.119. The van der Waals surface area contributed by atoms with Gasteiger partial charge in [0.25, 0.3) is 0 Å². The van der Waals surface area contributed by atoms with Crippen LogP contribution in [0.1, 0.15) is 37.8 Å². The van der Waals surface area contributed by atoms with Crippen molar-refractivity contribution in [3.63, 3.8) is 0 Å². The third-order valence-corrected chi connectivity index (χ3v) is 5.25. The number of hydrogen-bond donors (Lipinski definition) is 7. The van der Waals surface area contributed by atoms with Gasteiger partial charge in [-0.2, -0.15) is 5.06 Å². The minimum absolute atomic E-state index is 0.0846. The Morgan fingerprint density at radius 1 is 0.969 bits per heavy atom. The molecular weight excluding hydrogens is 408 g/mol. The summed E-state index contributed by atoms with van der Waals surface area (Å²) < 4.78 is 0. The number of carbonyl (C=O) groups is 1. The van der Waals surface area contributed by atoms with Crippen LogP contribution in [0.5, 0.6) is 5.75 Å². The second-order valence-electron chi connectivity index (χ2n) is 8.07. The lowest BCUT2D eigenvalue weighted by molar-refractivity contribution is -0.120. The van der Waals surface area contributed by atoms with Crippen LogP contribution in [0.15, 0.2) is 24.3 Å². The highest BCUT2D eigenvalue weighted by Gasteiger charge is 2.09. The molecule has 8 N–H and O–H groups in total. The maximum absolute atomic E-state index is 12.1. The summed E-state index contributed by atoms with van der Waals surface area (Å²) in [5.41, 5.74) is 7.04. The molecule has 180 valence electrons. The van der Waals surface area contributed by atoms with Gasteiger partial charge in [-0.15, -0.1) is 0 Å². The summed E-state index contributed by atoms with van der Waals surface area (Å²) in [6, 6.07) is 7.06. The number of unbranched alkanes of at least 4 members (excludes halogenated alkanes) is 1. The highest BCUT2D eigenvalue weighted by molar-refractivity contribution is 5.88. The predicted octanol–water partition coefficient (Wildman–Crippen LogP) is 1.31. The molecule has 1 heterocycles. The van der Waals surface area contributed by atoms with Gasteiger partial charge in [0, 0.05) is 36.2 Å². The van der Waals surface area contributed by atoms with E-state index in [-0.39, 0.29) is 18.1 Å². The third kappa shape index (κ3) is 10.4. The average molecular weight is 449 g/mol. The van der Waals surface area contributed by atoms with Gasteiger partial charge >= 0.3 is 0 Å². The van der Waals surface area contributed by atoms with Crippen LogP contribution in [0.2, 0.25) is 0 Å². The first kappa shape index (κ1) is 26.1. The zero-order valence-electron chi connectivity index (χ0n) is 19.0. The molecule has 0 fully saturated rings. The number of aromatic amines is 1. The van der Waals surface area contributed by atoms with Crippen LogP contribution in [0.4, 0.5) is 0 Å². The van der Waals surface area contributed by atoms with Crippen LogP contribution >= 0.6 is 0 Å². The van der Waals surface area contributed by atoms with Gasteiger partial charge in [0.05, 0.1) is 6.42 Å². The fourth-order valence-corrected chi connectivity index (χ4v) is 3.50. The normalized spacial score (nSPS) is 11.5. The number of H-pyrrole nitrogens is 1. The van der Waals surface area contributed by atoms with Crippen molar-refractivity contribution in [1.82, 2.24) is 26.0 Å². The van der Waals surface area contributed by atoms with E-state index in [2.05, 4.69) is 20.9 Å². The Labute approximate surface area is 190 Å². The van der Waals surface area contributed by atoms with Crippen LogP contribution in [0, 0.1) is 0 Å². The van der Waals surface area contributed by atoms with Crippen molar-refractivity contribution < 1.29 is 15.1 Å². The van der Waals surface area contributed by atoms with E-state index in [9.17, 15) is 15.1 Å². The fourth-order valence-electron chi connectivity index (χ4n) is 3.50. The zero-order valence-corrected chi connectivity index (χ0v) is 19.0. The lowest BCUT2D eigenvalue weighted by atomic mass is 10.2. The number of aromatic nitrogens is 1. The quantitative estimate of drug-likeness (QED) is 0.135. The molecule has 0 atom stereocenters. The highest BCUT2D eigenvalue weighted by Crippen LogP contribution is 2.24. The number of hydroxylamine groups is 2. The number of rotatable bonds is 18. The molecule has 0 radical (unpaired) electrons. The summed E-state index contributed by atoms with van der Waals surface area (Å²) in [4.78, 5) is 15.3. The van der Waals surface area contributed by atoms with Crippen LogP contribution in [-0.4, -0.2) is 78.6 Å². The van der Waals surface area contributed by atoms with E-state index in [1.807, 2.05) is 6.07 Å². The molecule has 2 aromatic rings. The minimum atomic E-state index is -0.0846. The number of fused-ring (bicyclic) bond motifs is 1. The van der Waals surface area contributed by atoms with E-state index in [4.69, 9.17) is 5.73 Å². The van der Waals surface area contributed by atoms with E-state index in [0.717, 1.165) is 75.0 Å². The van der Waals surface area contributed by atoms with Crippen LogP contribution in [0.3, 0.4) is 0 Å². The summed E-state index contributed by atoms with van der Waals surface area (Å²) in [6.07, 6.45) is 5.08. The molecule has 1 aromatic carbocycles. The maximum Gasteiger partial charge on any atom is 0.225 e. The summed E-state index contributed by atoms with van der Waals surface area (Å²) in [6.45, 7) is 6.29. The number of benzene rings is 1. The number of phenolic OH excluding ortho intramolecular Hbond substituents is 1. The van der Waals surface area contributed by atoms with Crippen molar-refractivity contribution in [3.05, 3.63) is 30.0 Å². The lowest BCUT2D eigenvalue weighted by Gasteiger charge is -2.15. The van der Waals surface area contributed by atoms with Crippen LogP contribution in [0.25, 0.3) is 10.9 Å². The first-order chi connectivity index (χ1) is 15.6. The number of nitrogens with two attached hydrogens (primary N) is 1. The van der Waals surface area contributed by atoms with Gasteiger partial charge in [0.1, 0.15) is 5.75 Å². The number of carbonyl (C=O) groups excluding carboxylic acids is 1. The molecule has 0 saturated heterocycles. The first-order valence-electron chi connectivity index (χ1n) is 11.7. The minimum Gasteiger partial charge on any atom is -0.507 e. The van der Waals surface area contributed by atoms with E-state index in [1.54, 1.807) is 18.2 Å².